The third-order valence-electron chi connectivity index (χ3n) is 5.26. The third-order valence-corrected chi connectivity index (χ3v) is 7.45. The monoisotopic (exact) mass is 340 g/mol. The highest BCUT2D eigenvalue weighted by atomic mass is 31.3. The van der Waals surface area contributed by atoms with Gasteiger partial charge in [0.25, 0.3) is 0 Å². The van der Waals surface area contributed by atoms with Crippen molar-refractivity contribution in [3.8, 4) is 0 Å². The van der Waals surface area contributed by atoms with Crippen LogP contribution < -0.4 is 0 Å². The van der Waals surface area contributed by atoms with Gasteiger partial charge in [-0.05, 0) is 68.1 Å². The highest BCUT2D eigenvalue weighted by molar-refractivity contribution is 7.60. The molecule has 0 spiro atoms. The lowest BCUT2D eigenvalue weighted by atomic mass is 9.49. The average molecular weight is 340 g/mol. The molecule has 4 aliphatic rings. The topological polar surface area (TPSA) is 113 Å². The van der Waals surface area contributed by atoms with E-state index in [1.54, 1.807) is 0 Å². The Bertz CT molecular complexity index is 465. The molecule has 1 atom stereocenters. The van der Waals surface area contributed by atoms with Gasteiger partial charge in [-0.3, -0.25) is 4.52 Å². The van der Waals surface area contributed by atoms with Crippen molar-refractivity contribution in [2.75, 3.05) is 6.61 Å². The fourth-order valence-corrected chi connectivity index (χ4v) is 6.72. The number of hydrogen-bond donors (Lipinski definition) is 3. The zero-order valence-electron chi connectivity index (χ0n) is 11.8. The molecule has 4 rings (SSSR count). The van der Waals surface area contributed by atoms with Crippen LogP contribution in [0.2, 0.25) is 0 Å². The van der Waals surface area contributed by atoms with Crippen LogP contribution >= 0.6 is 15.6 Å². The summed E-state index contributed by atoms with van der Waals surface area (Å²) < 4.78 is 30.6. The maximum absolute atomic E-state index is 11.4. The van der Waals surface area contributed by atoms with E-state index in [4.69, 9.17) is 14.3 Å². The summed E-state index contributed by atoms with van der Waals surface area (Å²) in [6.45, 7) is -0.0000617. The largest absolute Gasteiger partial charge is 0.481 e. The van der Waals surface area contributed by atoms with E-state index in [0.717, 1.165) is 37.0 Å². The van der Waals surface area contributed by atoms with Gasteiger partial charge in [0.05, 0.1) is 6.61 Å². The molecule has 3 N–H and O–H groups in total. The molecule has 1 unspecified atom stereocenters. The maximum Gasteiger partial charge on any atom is 0.481 e. The standard InChI is InChI=1S/C12H22O7P2/c13-20(14,15)19-21(16,17)18-2-1-12-6-9-3-10(7-12)5-11(4-9)8-12/h9-11H,1-8H2,(H,16,17)(H2,13,14,15). The quantitative estimate of drug-likeness (QED) is 0.637. The molecule has 9 heteroatoms. The average Bonchev–Trinajstić information content (AvgIpc) is 2.21. The van der Waals surface area contributed by atoms with Crippen molar-refractivity contribution < 1.29 is 32.6 Å². The molecule has 0 heterocycles. The van der Waals surface area contributed by atoms with Gasteiger partial charge in [0.2, 0.25) is 0 Å². The highest BCUT2D eigenvalue weighted by Crippen LogP contribution is 2.62. The lowest BCUT2D eigenvalue weighted by Crippen LogP contribution is -2.46. The molecule has 0 amide bonds. The van der Waals surface area contributed by atoms with Crippen LogP contribution in [0.15, 0.2) is 0 Å². The third kappa shape index (κ3) is 3.97. The Morgan fingerprint density at radius 1 is 0.952 bits per heavy atom. The summed E-state index contributed by atoms with van der Waals surface area (Å²) in [6, 6.07) is 0. The molecule has 4 saturated carbocycles. The van der Waals surface area contributed by atoms with Crippen molar-refractivity contribution in [2.24, 2.45) is 23.2 Å². The lowest BCUT2D eigenvalue weighted by molar-refractivity contribution is -0.0631. The van der Waals surface area contributed by atoms with Crippen LogP contribution in [0, 0.1) is 23.2 Å². The van der Waals surface area contributed by atoms with E-state index in [2.05, 4.69) is 4.31 Å². The zero-order chi connectivity index (χ0) is 15.3. The number of phosphoric acid groups is 2. The van der Waals surface area contributed by atoms with E-state index in [1.807, 2.05) is 0 Å². The lowest BCUT2D eigenvalue weighted by Gasteiger charge is -2.57. The molecule has 0 aromatic carbocycles. The van der Waals surface area contributed by atoms with E-state index in [0.29, 0.717) is 6.42 Å². The first-order chi connectivity index (χ1) is 9.65. The van der Waals surface area contributed by atoms with Crippen LogP contribution in [0.25, 0.3) is 0 Å². The predicted molar refractivity (Wildman–Crippen MR) is 74.1 cm³/mol. The van der Waals surface area contributed by atoms with E-state index >= 15 is 0 Å². The minimum absolute atomic E-state index is 0.0000617. The van der Waals surface area contributed by atoms with Gasteiger partial charge in [0.1, 0.15) is 0 Å². The molecule has 0 aromatic heterocycles. The Kier molecular flexibility index (Phi) is 4.16. The van der Waals surface area contributed by atoms with Crippen LogP contribution in [0.3, 0.4) is 0 Å². The van der Waals surface area contributed by atoms with Crippen LogP contribution in [0.4, 0.5) is 0 Å². The molecular weight excluding hydrogens is 318 g/mol. The fourth-order valence-electron chi connectivity index (χ4n) is 5.13. The van der Waals surface area contributed by atoms with Gasteiger partial charge in [-0.2, -0.15) is 4.31 Å². The second-order valence-electron chi connectivity index (χ2n) is 7.04. The van der Waals surface area contributed by atoms with Crippen LogP contribution in [0.1, 0.15) is 44.9 Å². The van der Waals surface area contributed by atoms with Gasteiger partial charge < -0.3 is 14.7 Å². The minimum Gasteiger partial charge on any atom is -0.302 e. The van der Waals surface area contributed by atoms with Crippen molar-refractivity contribution in [1.82, 2.24) is 0 Å². The van der Waals surface area contributed by atoms with Gasteiger partial charge in [0, 0.05) is 0 Å². The van der Waals surface area contributed by atoms with Crippen LogP contribution in [0.5, 0.6) is 0 Å². The highest BCUT2D eigenvalue weighted by Gasteiger charge is 2.50. The van der Waals surface area contributed by atoms with Gasteiger partial charge in [-0.25, -0.2) is 9.13 Å². The molecule has 0 saturated heterocycles. The summed E-state index contributed by atoms with van der Waals surface area (Å²) in [5.74, 6) is 2.34. The molecule has 0 radical (unpaired) electrons. The van der Waals surface area contributed by atoms with Crippen molar-refractivity contribution >= 4 is 15.6 Å². The predicted octanol–water partition coefficient (Wildman–Crippen LogP) is 2.82. The Hall–Kier alpha value is 0.260. The summed E-state index contributed by atoms with van der Waals surface area (Å²) in [5, 5.41) is 0. The second kappa shape index (κ2) is 5.41. The van der Waals surface area contributed by atoms with Crippen LogP contribution in [-0.2, 0) is 18.0 Å². The van der Waals surface area contributed by atoms with E-state index < -0.39 is 15.6 Å². The number of rotatable bonds is 6. The molecule has 4 aliphatic carbocycles. The van der Waals surface area contributed by atoms with E-state index in [-0.39, 0.29) is 12.0 Å². The van der Waals surface area contributed by atoms with Crippen molar-refractivity contribution in [2.45, 2.75) is 44.9 Å². The molecule has 122 valence electrons. The van der Waals surface area contributed by atoms with E-state index in [1.165, 1.54) is 19.3 Å². The summed E-state index contributed by atoms with van der Waals surface area (Å²) in [7, 11) is -9.71. The Balaban J connectivity index is 1.54. The van der Waals surface area contributed by atoms with E-state index in [9.17, 15) is 14.0 Å². The summed E-state index contributed by atoms with van der Waals surface area (Å²) >= 11 is 0. The Morgan fingerprint density at radius 2 is 1.43 bits per heavy atom. The molecule has 0 aromatic rings. The van der Waals surface area contributed by atoms with Crippen LogP contribution in [-0.4, -0.2) is 21.3 Å². The van der Waals surface area contributed by atoms with Gasteiger partial charge >= 0.3 is 15.6 Å². The fraction of sp³-hybridized carbons (Fsp3) is 1.00. The minimum atomic E-state index is -5.02. The Labute approximate surface area is 123 Å². The summed E-state index contributed by atoms with van der Waals surface area (Å²) in [4.78, 5) is 26.4. The zero-order valence-corrected chi connectivity index (χ0v) is 13.5. The van der Waals surface area contributed by atoms with Gasteiger partial charge in [-0.15, -0.1) is 0 Å². The SMILES string of the molecule is O=P(O)(O)OP(=O)(O)OCCC12CC3CC(CC(C3)C1)C2. The normalized spacial score (nSPS) is 41.2. The number of phosphoric ester groups is 1. The molecule has 0 aliphatic heterocycles. The smallest absolute Gasteiger partial charge is 0.302 e. The first kappa shape index (κ1) is 16.1. The van der Waals surface area contributed by atoms with Crippen molar-refractivity contribution in [1.29, 1.82) is 0 Å². The molecule has 7 nitrogen and oxygen atoms in total. The first-order valence-electron chi connectivity index (χ1n) is 7.39. The second-order valence-corrected chi connectivity index (χ2v) is 9.87. The molecule has 21 heavy (non-hydrogen) atoms. The maximum atomic E-state index is 11.4. The van der Waals surface area contributed by atoms with Crippen molar-refractivity contribution in [3.05, 3.63) is 0 Å². The molecule has 4 bridgehead atoms. The number of hydrogen-bond acceptors (Lipinski definition) is 4. The molecule has 4 fully saturated rings. The first-order valence-corrected chi connectivity index (χ1v) is 10.4. The summed E-state index contributed by atoms with van der Waals surface area (Å²) in [5.41, 5.74) is 0.191. The Morgan fingerprint density at radius 3 is 1.86 bits per heavy atom. The van der Waals surface area contributed by atoms with Gasteiger partial charge in [0.15, 0.2) is 0 Å². The van der Waals surface area contributed by atoms with Crippen molar-refractivity contribution in [3.63, 3.8) is 0 Å². The molecular formula is C12H22O7P2. The van der Waals surface area contributed by atoms with Gasteiger partial charge in [-0.1, -0.05) is 0 Å². The summed E-state index contributed by atoms with van der Waals surface area (Å²) in [6.07, 6.45) is 8.07.